The van der Waals surface area contributed by atoms with Crippen molar-refractivity contribution in [2.75, 3.05) is 46.4 Å². The van der Waals surface area contributed by atoms with Gasteiger partial charge in [0.25, 0.3) is 0 Å². The van der Waals surface area contributed by atoms with Gasteiger partial charge in [-0.15, -0.1) is 0 Å². The van der Waals surface area contributed by atoms with Gasteiger partial charge in [-0.3, -0.25) is 9.98 Å². The van der Waals surface area contributed by atoms with Crippen molar-refractivity contribution in [3.8, 4) is 5.75 Å². The maximum atomic E-state index is 5.60. The summed E-state index contributed by atoms with van der Waals surface area (Å²) in [5.74, 6) is 1.63. The summed E-state index contributed by atoms with van der Waals surface area (Å²) in [6.45, 7) is 5.94. The molecule has 1 aliphatic heterocycles. The lowest BCUT2D eigenvalue weighted by Crippen LogP contribution is -2.40. The molecule has 2 N–H and O–H groups in total. The minimum Gasteiger partial charge on any atom is -0.490 e. The van der Waals surface area contributed by atoms with Crippen LogP contribution in [0.3, 0.4) is 0 Å². The summed E-state index contributed by atoms with van der Waals surface area (Å²) < 4.78 is 5.60. The third-order valence-corrected chi connectivity index (χ3v) is 4.16. The van der Waals surface area contributed by atoms with Crippen LogP contribution in [0.25, 0.3) is 0 Å². The molecule has 134 valence electrons. The standard InChI is InChI=1S/C18H31N5O/c1-19-18(22-11-15-24-17-8-6-9-20-16-17)21-10-7-14-23-12-4-2-3-5-13-23/h6,8-9,16H,2-5,7,10-15H2,1H3,(H2,19,21,22). The molecule has 0 aliphatic carbocycles. The molecule has 0 amide bonds. The van der Waals surface area contributed by atoms with Gasteiger partial charge in [-0.1, -0.05) is 12.8 Å². The second-order valence-corrected chi connectivity index (χ2v) is 6.07. The zero-order valence-corrected chi connectivity index (χ0v) is 14.8. The predicted molar refractivity (Wildman–Crippen MR) is 98.6 cm³/mol. The molecule has 24 heavy (non-hydrogen) atoms. The summed E-state index contributed by atoms with van der Waals surface area (Å²) >= 11 is 0. The monoisotopic (exact) mass is 333 g/mol. The Bertz CT molecular complexity index is 458. The summed E-state index contributed by atoms with van der Waals surface area (Å²) in [5, 5.41) is 6.64. The molecule has 0 atom stereocenters. The number of aliphatic imine (C=N–C) groups is 1. The Hall–Kier alpha value is -1.82. The average molecular weight is 333 g/mol. The van der Waals surface area contributed by atoms with E-state index in [0.29, 0.717) is 13.2 Å². The van der Waals surface area contributed by atoms with Gasteiger partial charge in [-0.2, -0.15) is 0 Å². The zero-order chi connectivity index (χ0) is 16.9. The van der Waals surface area contributed by atoms with Crippen LogP contribution >= 0.6 is 0 Å². The molecule has 1 aromatic heterocycles. The Kier molecular flexibility index (Phi) is 9.01. The molecule has 0 unspecified atom stereocenters. The molecule has 0 saturated carbocycles. The van der Waals surface area contributed by atoms with Gasteiger partial charge in [0.1, 0.15) is 12.4 Å². The number of hydrogen-bond donors (Lipinski definition) is 2. The first-order valence-corrected chi connectivity index (χ1v) is 9.08. The fourth-order valence-corrected chi connectivity index (χ4v) is 2.86. The van der Waals surface area contributed by atoms with E-state index in [1.54, 1.807) is 19.4 Å². The molecule has 0 aromatic carbocycles. The average Bonchev–Trinajstić information content (AvgIpc) is 2.90. The SMILES string of the molecule is CN=C(NCCCN1CCCCCC1)NCCOc1cccnc1. The molecule has 2 rings (SSSR count). The van der Waals surface area contributed by atoms with Crippen LogP contribution in [-0.2, 0) is 0 Å². The van der Waals surface area contributed by atoms with Gasteiger partial charge in [0.05, 0.1) is 12.7 Å². The Labute approximate surface area is 145 Å². The smallest absolute Gasteiger partial charge is 0.191 e. The van der Waals surface area contributed by atoms with Crippen LogP contribution in [0.2, 0.25) is 0 Å². The quantitative estimate of drug-likeness (QED) is 0.432. The van der Waals surface area contributed by atoms with Crippen molar-refractivity contribution in [2.24, 2.45) is 4.99 Å². The molecule has 0 radical (unpaired) electrons. The zero-order valence-electron chi connectivity index (χ0n) is 14.8. The van der Waals surface area contributed by atoms with Crippen molar-refractivity contribution in [1.29, 1.82) is 0 Å². The van der Waals surface area contributed by atoms with Gasteiger partial charge in [0.2, 0.25) is 0 Å². The van der Waals surface area contributed by atoms with Gasteiger partial charge in [-0.25, -0.2) is 0 Å². The highest BCUT2D eigenvalue weighted by Crippen LogP contribution is 2.09. The van der Waals surface area contributed by atoms with Crippen LogP contribution in [-0.4, -0.2) is 62.2 Å². The minimum atomic E-state index is 0.584. The Morgan fingerprint density at radius 3 is 2.71 bits per heavy atom. The summed E-state index contributed by atoms with van der Waals surface area (Å²) in [6, 6.07) is 3.77. The summed E-state index contributed by atoms with van der Waals surface area (Å²) in [7, 11) is 1.80. The van der Waals surface area contributed by atoms with E-state index in [1.165, 1.54) is 45.3 Å². The second kappa shape index (κ2) is 11.7. The molecule has 6 heteroatoms. The third-order valence-electron chi connectivity index (χ3n) is 4.16. The lowest BCUT2D eigenvalue weighted by Gasteiger charge is -2.20. The first-order valence-electron chi connectivity index (χ1n) is 9.08. The van der Waals surface area contributed by atoms with E-state index < -0.39 is 0 Å². The highest BCUT2D eigenvalue weighted by molar-refractivity contribution is 5.79. The van der Waals surface area contributed by atoms with Gasteiger partial charge in [0.15, 0.2) is 5.96 Å². The van der Waals surface area contributed by atoms with Crippen molar-refractivity contribution in [3.05, 3.63) is 24.5 Å². The maximum Gasteiger partial charge on any atom is 0.191 e. The van der Waals surface area contributed by atoms with E-state index in [2.05, 4.69) is 25.5 Å². The topological polar surface area (TPSA) is 61.8 Å². The van der Waals surface area contributed by atoms with Crippen molar-refractivity contribution in [2.45, 2.75) is 32.1 Å². The van der Waals surface area contributed by atoms with Crippen LogP contribution in [0, 0.1) is 0 Å². The number of hydrogen-bond acceptors (Lipinski definition) is 4. The molecule has 0 spiro atoms. The van der Waals surface area contributed by atoms with Crippen LogP contribution in [0.15, 0.2) is 29.5 Å². The fourth-order valence-electron chi connectivity index (χ4n) is 2.86. The van der Waals surface area contributed by atoms with Gasteiger partial charge in [0, 0.05) is 19.8 Å². The van der Waals surface area contributed by atoms with Gasteiger partial charge in [-0.05, 0) is 51.0 Å². The number of ether oxygens (including phenoxy) is 1. The van der Waals surface area contributed by atoms with Gasteiger partial charge >= 0.3 is 0 Å². The molecule has 1 aromatic rings. The molecule has 1 fully saturated rings. The number of pyridine rings is 1. The van der Waals surface area contributed by atoms with E-state index in [9.17, 15) is 0 Å². The van der Waals surface area contributed by atoms with Crippen molar-refractivity contribution in [1.82, 2.24) is 20.5 Å². The van der Waals surface area contributed by atoms with Crippen molar-refractivity contribution >= 4 is 5.96 Å². The lowest BCUT2D eigenvalue weighted by molar-refractivity contribution is 0.282. The van der Waals surface area contributed by atoms with E-state index in [0.717, 1.165) is 24.7 Å². The molecule has 6 nitrogen and oxygen atoms in total. The lowest BCUT2D eigenvalue weighted by atomic mass is 10.2. The number of likely N-dealkylation sites (tertiary alicyclic amines) is 1. The summed E-state index contributed by atoms with van der Waals surface area (Å²) in [6.07, 6.45) is 10.1. The Morgan fingerprint density at radius 2 is 2.00 bits per heavy atom. The minimum absolute atomic E-state index is 0.584. The number of rotatable bonds is 8. The van der Waals surface area contributed by atoms with Crippen molar-refractivity contribution < 1.29 is 4.74 Å². The van der Waals surface area contributed by atoms with E-state index in [-0.39, 0.29) is 0 Å². The molecular formula is C18H31N5O. The van der Waals surface area contributed by atoms with E-state index >= 15 is 0 Å². The van der Waals surface area contributed by atoms with E-state index in [4.69, 9.17) is 4.74 Å². The number of aromatic nitrogens is 1. The number of nitrogens with one attached hydrogen (secondary N) is 2. The van der Waals surface area contributed by atoms with E-state index in [1.807, 2.05) is 12.1 Å². The third kappa shape index (κ3) is 7.64. The molecule has 1 saturated heterocycles. The molecular weight excluding hydrogens is 302 g/mol. The van der Waals surface area contributed by atoms with Crippen LogP contribution in [0.1, 0.15) is 32.1 Å². The first kappa shape index (κ1) is 18.5. The van der Waals surface area contributed by atoms with Crippen LogP contribution in [0.4, 0.5) is 0 Å². The number of guanidine groups is 1. The largest absolute Gasteiger partial charge is 0.490 e. The molecule has 1 aliphatic rings. The Balaban J connectivity index is 1.52. The second-order valence-electron chi connectivity index (χ2n) is 6.07. The van der Waals surface area contributed by atoms with Crippen LogP contribution < -0.4 is 15.4 Å². The van der Waals surface area contributed by atoms with Crippen molar-refractivity contribution in [3.63, 3.8) is 0 Å². The highest BCUT2D eigenvalue weighted by Gasteiger charge is 2.08. The van der Waals surface area contributed by atoms with Crippen LogP contribution in [0.5, 0.6) is 5.75 Å². The Morgan fingerprint density at radius 1 is 1.21 bits per heavy atom. The highest BCUT2D eigenvalue weighted by atomic mass is 16.5. The number of nitrogens with zero attached hydrogens (tertiary/aromatic N) is 3. The van der Waals surface area contributed by atoms with Gasteiger partial charge < -0.3 is 20.3 Å². The first-order chi connectivity index (χ1) is 11.9. The summed E-state index contributed by atoms with van der Waals surface area (Å²) in [4.78, 5) is 10.9. The molecule has 2 heterocycles. The fraction of sp³-hybridized carbons (Fsp3) is 0.667. The summed E-state index contributed by atoms with van der Waals surface area (Å²) in [5.41, 5.74) is 0. The maximum absolute atomic E-state index is 5.60. The predicted octanol–water partition coefficient (Wildman–Crippen LogP) is 1.89. The molecule has 0 bridgehead atoms. The normalized spacial score (nSPS) is 16.5.